The molecule has 0 amide bonds. The van der Waals surface area contributed by atoms with Crippen LogP contribution in [0.2, 0.25) is 10.0 Å². The first kappa shape index (κ1) is 26.5. The molecule has 198 valence electrons. The van der Waals surface area contributed by atoms with Crippen LogP contribution >= 0.6 is 23.2 Å². The average Bonchev–Trinajstić information content (AvgIpc) is 2.94. The van der Waals surface area contributed by atoms with Crippen LogP contribution in [-0.4, -0.2) is 36.1 Å². The number of piperazine rings is 1. The highest BCUT2D eigenvalue weighted by Gasteiger charge is 2.24. The van der Waals surface area contributed by atoms with E-state index in [0.717, 1.165) is 16.8 Å². The van der Waals surface area contributed by atoms with Gasteiger partial charge in [-0.2, -0.15) is 5.26 Å². The number of aromatic nitrogens is 2. The third-order valence-electron chi connectivity index (χ3n) is 6.88. The summed E-state index contributed by atoms with van der Waals surface area (Å²) in [5, 5.41) is 14.2. The molecule has 0 radical (unpaired) electrons. The van der Waals surface area contributed by atoms with E-state index in [1.165, 1.54) is 12.4 Å². The lowest BCUT2D eigenvalue weighted by atomic mass is 9.91. The van der Waals surface area contributed by atoms with Gasteiger partial charge in [0.2, 0.25) is 0 Å². The second kappa shape index (κ2) is 11.4. The molecule has 0 spiro atoms. The van der Waals surface area contributed by atoms with Crippen molar-refractivity contribution >= 4 is 51.9 Å². The van der Waals surface area contributed by atoms with E-state index in [0.29, 0.717) is 64.8 Å². The number of nitriles is 1. The van der Waals surface area contributed by atoms with E-state index in [1.54, 1.807) is 30.3 Å². The van der Waals surface area contributed by atoms with E-state index >= 15 is 0 Å². The van der Waals surface area contributed by atoms with Gasteiger partial charge < -0.3 is 20.9 Å². The molecule has 0 aliphatic carbocycles. The Hall–Kier alpha value is -4.06. The summed E-state index contributed by atoms with van der Waals surface area (Å²) < 4.78 is 14.2. The minimum Gasteiger partial charge on any atom is -0.393 e. The molecule has 39 heavy (non-hydrogen) atoms. The van der Waals surface area contributed by atoms with E-state index in [9.17, 15) is 9.65 Å². The fraction of sp³-hybridized carbons (Fsp3) is 0.207. The van der Waals surface area contributed by atoms with E-state index in [4.69, 9.17) is 28.9 Å². The van der Waals surface area contributed by atoms with Gasteiger partial charge in [0.05, 0.1) is 17.7 Å². The van der Waals surface area contributed by atoms with Crippen LogP contribution in [0.25, 0.3) is 0 Å². The number of para-hydroxylation sites is 1. The first-order chi connectivity index (χ1) is 18.9. The van der Waals surface area contributed by atoms with Crippen LogP contribution in [0.5, 0.6) is 0 Å². The van der Waals surface area contributed by atoms with Gasteiger partial charge >= 0.3 is 0 Å². The smallest absolute Gasteiger partial charge is 0.159 e. The number of halogens is 3. The Morgan fingerprint density at radius 1 is 1.00 bits per heavy atom. The molecule has 1 aliphatic rings. The van der Waals surface area contributed by atoms with Crippen molar-refractivity contribution in [2.24, 2.45) is 0 Å². The summed E-state index contributed by atoms with van der Waals surface area (Å²) in [6.45, 7) is 4.47. The fourth-order valence-corrected chi connectivity index (χ4v) is 5.17. The number of hydrogen-bond acceptors (Lipinski definition) is 7. The maximum Gasteiger partial charge on any atom is 0.159 e. The highest BCUT2D eigenvalue weighted by molar-refractivity contribution is 6.32. The Bertz CT molecular complexity index is 1530. The zero-order chi connectivity index (χ0) is 27.5. The summed E-state index contributed by atoms with van der Waals surface area (Å²) in [7, 11) is 0. The molecule has 2 heterocycles. The van der Waals surface area contributed by atoms with Crippen molar-refractivity contribution in [2.75, 3.05) is 47.0 Å². The summed E-state index contributed by atoms with van der Waals surface area (Å²) >= 11 is 12.7. The van der Waals surface area contributed by atoms with Gasteiger partial charge in [0, 0.05) is 41.9 Å². The number of nitrogens with two attached hydrogens (primary N) is 1. The number of nitrogens with one attached hydrogen (secondary N) is 1. The Morgan fingerprint density at radius 2 is 1.69 bits per heavy atom. The summed E-state index contributed by atoms with van der Waals surface area (Å²) in [5.74, 6) is 0.306. The molecule has 1 aliphatic heterocycles. The highest BCUT2D eigenvalue weighted by atomic mass is 35.5. The number of nitrogens with zero attached hydrogens (tertiary/aromatic N) is 5. The van der Waals surface area contributed by atoms with E-state index < -0.39 is 5.92 Å². The molecular weight excluding hydrogens is 536 g/mol. The Morgan fingerprint density at radius 3 is 2.38 bits per heavy atom. The van der Waals surface area contributed by atoms with Gasteiger partial charge in [-0.25, -0.2) is 14.4 Å². The lowest BCUT2D eigenvalue weighted by Crippen LogP contribution is -2.47. The first-order valence-electron chi connectivity index (χ1n) is 12.4. The van der Waals surface area contributed by atoms with Crippen LogP contribution in [0.15, 0.2) is 67.0 Å². The molecule has 1 fully saturated rings. The molecule has 5 rings (SSSR count). The zero-order valence-electron chi connectivity index (χ0n) is 21.2. The predicted octanol–water partition coefficient (Wildman–Crippen LogP) is 6.54. The molecule has 0 bridgehead atoms. The average molecular weight is 562 g/mol. The molecule has 7 nitrogen and oxygen atoms in total. The predicted molar refractivity (Wildman–Crippen MR) is 156 cm³/mol. The van der Waals surface area contributed by atoms with Crippen molar-refractivity contribution in [1.82, 2.24) is 9.97 Å². The van der Waals surface area contributed by atoms with Gasteiger partial charge in [-0.1, -0.05) is 53.5 Å². The number of nitrogen functional groups attached to an aromatic ring is 1. The number of anilines is 5. The quantitative estimate of drug-likeness (QED) is 0.276. The zero-order valence-corrected chi connectivity index (χ0v) is 22.7. The van der Waals surface area contributed by atoms with Crippen molar-refractivity contribution in [2.45, 2.75) is 12.8 Å². The summed E-state index contributed by atoms with van der Waals surface area (Å²) in [5.41, 5.74) is 10.6. The second-order valence-electron chi connectivity index (χ2n) is 9.31. The largest absolute Gasteiger partial charge is 0.393 e. The molecule has 4 aromatic rings. The van der Waals surface area contributed by atoms with Crippen molar-refractivity contribution in [3.63, 3.8) is 0 Å². The Labute approximate surface area is 236 Å². The molecule has 10 heteroatoms. The Balaban J connectivity index is 1.34. The molecule has 3 N–H and O–H groups in total. The van der Waals surface area contributed by atoms with Crippen molar-refractivity contribution in [1.29, 1.82) is 5.26 Å². The fourth-order valence-electron chi connectivity index (χ4n) is 4.77. The molecule has 1 atom stereocenters. The van der Waals surface area contributed by atoms with Gasteiger partial charge in [-0.15, -0.1) is 0 Å². The summed E-state index contributed by atoms with van der Waals surface area (Å²) in [6.07, 6.45) is 1.47. The maximum absolute atomic E-state index is 14.2. The van der Waals surface area contributed by atoms with Crippen LogP contribution < -0.4 is 20.9 Å². The van der Waals surface area contributed by atoms with Crippen LogP contribution in [-0.2, 0) is 0 Å². The van der Waals surface area contributed by atoms with E-state index in [1.807, 2.05) is 36.1 Å². The van der Waals surface area contributed by atoms with Gasteiger partial charge in [0.1, 0.15) is 17.8 Å². The highest BCUT2D eigenvalue weighted by Crippen LogP contribution is 2.37. The normalized spacial score (nSPS) is 14.1. The van der Waals surface area contributed by atoms with Crippen LogP contribution in [0, 0.1) is 24.1 Å². The minimum absolute atomic E-state index is 0.228. The molecule has 0 saturated carbocycles. The lowest BCUT2D eigenvalue weighted by molar-refractivity contribution is 0.596. The third kappa shape index (κ3) is 5.56. The van der Waals surface area contributed by atoms with Crippen molar-refractivity contribution in [3.05, 3.63) is 99.5 Å². The van der Waals surface area contributed by atoms with Crippen LogP contribution in [0.3, 0.4) is 0 Å². The van der Waals surface area contributed by atoms with E-state index in [-0.39, 0.29) is 5.82 Å². The van der Waals surface area contributed by atoms with E-state index in [2.05, 4.69) is 26.3 Å². The van der Waals surface area contributed by atoms with Gasteiger partial charge in [-0.05, 0) is 53.9 Å². The maximum atomic E-state index is 14.2. The number of hydrogen-bond donors (Lipinski definition) is 2. The molecular formula is C29H26Cl2FN7. The molecule has 1 saturated heterocycles. The second-order valence-corrected chi connectivity index (χ2v) is 10.2. The minimum atomic E-state index is -0.540. The van der Waals surface area contributed by atoms with Crippen LogP contribution in [0.4, 0.5) is 33.1 Å². The number of aryl methyl sites for hydroxylation is 1. The first-order valence-corrected chi connectivity index (χ1v) is 13.2. The summed E-state index contributed by atoms with van der Waals surface area (Å²) in [6, 6.07) is 20.0. The van der Waals surface area contributed by atoms with Gasteiger partial charge in [0.15, 0.2) is 11.6 Å². The standard InChI is InChI=1S/C29H26Cl2FN7/c1-18-14-21(22(16-33)19-6-8-20(30)9-7-19)23(31)15-25(18)37-28-27(34)29(36-17-35-28)39-12-10-38(11-13-39)26-5-3-2-4-24(26)32/h2-9,14-15,17,22H,10-13,34H2,1H3,(H,35,36,37). The SMILES string of the molecule is Cc1cc(C(C#N)c2ccc(Cl)cc2)c(Cl)cc1Nc1ncnc(N2CCN(c3ccccc3F)CC2)c1N. The van der Waals surface area contributed by atoms with Crippen molar-refractivity contribution in [3.8, 4) is 6.07 Å². The van der Waals surface area contributed by atoms with Gasteiger partial charge in [0.25, 0.3) is 0 Å². The third-order valence-corrected chi connectivity index (χ3v) is 7.45. The van der Waals surface area contributed by atoms with Crippen molar-refractivity contribution < 1.29 is 4.39 Å². The van der Waals surface area contributed by atoms with Crippen LogP contribution in [0.1, 0.15) is 22.6 Å². The Kier molecular flexibility index (Phi) is 7.73. The van der Waals surface area contributed by atoms with Gasteiger partial charge in [-0.3, -0.25) is 0 Å². The molecule has 1 unspecified atom stereocenters. The number of rotatable bonds is 6. The summed E-state index contributed by atoms with van der Waals surface area (Å²) in [4.78, 5) is 12.9. The topological polar surface area (TPSA) is 94.1 Å². The number of benzene rings is 3. The lowest BCUT2D eigenvalue weighted by Gasteiger charge is -2.37. The molecule has 3 aromatic carbocycles. The monoisotopic (exact) mass is 561 g/mol. The molecule has 1 aromatic heterocycles.